The molecule has 0 saturated carbocycles. The fourth-order valence-electron chi connectivity index (χ4n) is 3.19. The molecule has 2 N–H and O–H groups in total. The Labute approximate surface area is 154 Å². The Bertz CT molecular complexity index is 355. The van der Waals surface area contributed by atoms with Crippen molar-refractivity contribution in [1.82, 2.24) is 0 Å². The standard InChI is InChI=1S/C21H39NO3/c1-3-5-6-7-8-10-13-16-19(20(23)4-2)17-14-11-9-12-15-18-21(24)25-22/h4,19H,2-3,5-18,22H2,1H3. The lowest BCUT2D eigenvalue weighted by Crippen LogP contribution is -2.12. The Morgan fingerprint density at radius 2 is 1.36 bits per heavy atom. The second-order valence-corrected chi connectivity index (χ2v) is 7.01. The molecule has 25 heavy (non-hydrogen) atoms. The summed E-state index contributed by atoms with van der Waals surface area (Å²) in [6.45, 7) is 5.89. The van der Waals surface area contributed by atoms with Gasteiger partial charge in [-0.2, -0.15) is 5.90 Å². The van der Waals surface area contributed by atoms with Crippen LogP contribution in [0.25, 0.3) is 0 Å². The van der Waals surface area contributed by atoms with E-state index in [1.807, 2.05) is 0 Å². The summed E-state index contributed by atoms with van der Waals surface area (Å²) >= 11 is 0. The molecule has 0 aliphatic rings. The van der Waals surface area contributed by atoms with Crippen LogP contribution in [0.1, 0.15) is 103 Å². The molecule has 0 fully saturated rings. The third-order valence-electron chi connectivity index (χ3n) is 4.82. The molecule has 1 unspecified atom stereocenters. The summed E-state index contributed by atoms with van der Waals surface area (Å²) in [6.07, 6.45) is 17.9. The van der Waals surface area contributed by atoms with Gasteiger partial charge in [-0.05, 0) is 25.3 Å². The Hall–Kier alpha value is -1.16. The summed E-state index contributed by atoms with van der Waals surface area (Å²) in [5, 5.41) is 0. The molecule has 0 bridgehead atoms. The van der Waals surface area contributed by atoms with E-state index in [-0.39, 0.29) is 17.7 Å². The van der Waals surface area contributed by atoms with Crippen molar-refractivity contribution in [2.24, 2.45) is 11.8 Å². The van der Waals surface area contributed by atoms with Crippen molar-refractivity contribution in [3.05, 3.63) is 12.7 Å². The van der Waals surface area contributed by atoms with Crippen molar-refractivity contribution in [2.45, 2.75) is 103 Å². The van der Waals surface area contributed by atoms with Gasteiger partial charge >= 0.3 is 5.97 Å². The molecule has 0 aliphatic heterocycles. The van der Waals surface area contributed by atoms with E-state index in [2.05, 4.69) is 18.3 Å². The van der Waals surface area contributed by atoms with Crippen molar-refractivity contribution in [3.63, 3.8) is 0 Å². The van der Waals surface area contributed by atoms with E-state index in [0.717, 1.165) is 51.4 Å². The molecule has 1 atom stereocenters. The van der Waals surface area contributed by atoms with Gasteiger partial charge < -0.3 is 4.84 Å². The third kappa shape index (κ3) is 14.9. The Kier molecular flexibility index (Phi) is 16.8. The summed E-state index contributed by atoms with van der Waals surface area (Å²) in [7, 11) is 0. The number of nitrogens with two attached hydrogens (primary N) is 1. The van der Waals surface area contributed by atoms with Crippen molar-refractivity contribution >= 4 is 11.8 Å². The fourth-order valence-corrected chi connectivity index (χ4v) is 3.19. The molecule has 0 rings (SSSR count). The highest BCUT2D eigenvalue weighted by Gasteiger charge is 2.14. The Balaban J connectivity index is 3.73. The number of rotatable bonds is 18. The van der Waals surface area contributed by atoms with Gasteiger partial charge in [0.15, 0.2) is 5.78 Å². The number of ketones is 1. The first-order valence-corrected chi connectivity index (χ1v) is 10.2. The van der Waals surface area contributed by atoms with Gasteiger partial charge in [-0.1, -0.05) is 84.1 Å². The van der Waals surface area contributed by atoms with E-state index in [1.54, 1.807) is 0 Å². The van der Waals surface area contributed by atoms with E-state index in [9.17, 15) is 9.59 Å². The summed E-state index contributed by atoms with van der Waals surface area (Å²) in [5.74, 6) is 4.82. The summed E-state index contributed by atoms with van der Waals surface area (Å²) < 4.78 is 0. The minimum atomic E-state index is -0.341. The van der Waals surface area contributed by atoms with Crippen LogP contribution in [0.4, 0.5) is 0 Å². The minimum absolute atomic E-state index is 0.153. The van der Waals surface area contributed by atoms with E-state index in [4.69, 9.17) is 5.90 Å². The van der Waals surface area contributed by atoms with Crippen molar-refractivity contribution in [3.8, 4) is 0 Å². The molecule has 4 nitrogen and oxygen atoms in total. The van der Waals surface area contributed by atoms with E-state index < -0.39 is 0 Å². The smallest absolute Gasteiger partial charge is 0.324 e. The van der Waals surface area contributed by atoms with Gasteiger partial charge in [0.25, 0.3) is 0 Å². The summed E-state index contributed by atoms with van der Waals surface area (Å²) in [6, 6.07) is 0. The number of hydrogen-bond acceptors (Lipinski definition) is 4. The molecule has 0 saturated heterocycles. The number of carbonyl (C=O) groups is 2. The molecule has 4 heteroatoms. The fraction of sp³-hybridized carbons (Fsp3) is 0.810. The second-order valence-electron chi connectivity index (χ2n) is 7.01. The molecule has 0 heterocycles. The van der Waals surface area contributed by atoms with Crippen LogP contribution in [0, 0.1) is 5.92 Å². The van der Waals surface area contributed by atoms with Gasteiger partial charge in [-0.15, -0.1) is 0 Å². The van der Waals surface area contributed by atoms with Gasteiger partial charge in [0, 0.05) is 12.3 Å². The van der Waals surface area contributed by atoms with Crippen molar-refractivity contribution in [1.29, 1.82) is 0 Å². The minimum Gasteiger partial charge on any atom is -0.373 e. The zero-order valence-corrected chi connectivity index (χ0v) is 16.3. The molecular weight excluding hydrogens is 314 g/mol. The van der Waals surface area contributed by atoms with E-state index >= 15 is 0 Å². The lowest BCUT2D eigenvalue weighted by atomic mass is 9.90. The van der Waals surface area contributed by atoms with Crippen LogP contribution in [-0.4, -0.2) is 11.8 Å². The van der Waals surface area contributed by atoms with Crippen LogP contribution in [0.15, 0.2) is 12.7 Å². The molecule has 0 aromatic heterocycles. The topological polar surface area (TPSA) is 69.4 Å². The predicted octanol–water partition coefficient (Wildman–Crippen LogP) is 5.65. The van der Waals surface area contributed by atoms with Crippen LogP contribution in [0.3, 0.4) is 0 Å². The largest absolute Gasteiger partial charge is 0.373 e. The highest BCUT2D eigenvalue weighted by atomic mass is 16.7. The SMILES string of the molecule is C=CC(=O)C(CCCCCCCCC)CCCCCCCC(=O)ON. The van der Waals surface area contributed by atoms with Crippen LogP contribution in [0.5, 0.6) is 0 Å². The molecule has 0 spiro atoms. The molecule has 0 amide bonds. The van der Waals surface area contributed by atoms with E-state index in [0.29, 0.717) is 6.42 Å². The molecule has 0 aromatic carbocycles. The highest BCUT2D eigenvalue weighted by Crippen LogP contribution is 2.20. The lowest BCUT2D eigenvalue weighted by molar-refractivity contribution is -0.144. The maximum atomic E-state index is 12.0. The third-order valence-corrected chi connectivity index (χ3v) is 4.82. The number of allylic oxidation sites excluding steroid dienone is 1. The van der Waals surface area contributed by atoms with Crippen LogP contribution in [-0.2, 0) is 14.4 Å². The van der Waals surface area contributed by atoms with Gasteiger partial charge in [0.1, 0.15) is 0 Å². The summed E-state index contributed by atoms with van der Waals surface area (Å²) in [5.41, 5.74) is 0. The number of unbranched alkanes of at least 4 members (excludes halogenated alkanes) is 10. The first-order valence-electron chi connectivity index (χ1n) is 10.2. The molecular formula is C21H39NO3. The maximum absolute atomic E-state index is 12.0. The Morgan fingerprint density at radius 3 is 1.84 bits per heavy atom. The normalized spacial score (nSPS) is 11.9. The van der Waals surface area contributed by atoms with E-state index in [1.165, 1.54) is 44.6 Å². The number of carbonyl (C=O) groups excluding carboxylic acids is 2. The van der Waals surface area contributed by atoms with Crippen LogP contribution in [0.2, 0.25) is 0 Å². The van der Waals surface area contributed by atoms with Crippen LogP contribution >= 0.6 is 0 Å². The summed E-state index contributed by atoms with van der Waals surface area (Å²) in [4.78, 5) is 27.0. The first-order chi connectivity index (χ1) is 12.2. The van der Waals surface area contributed by atoms with Gasteiger partial charge in [-0.25, -0.2) is 0 Å². The first kappa shape index (κ1) is 23.8. The van der Waals surface area contributed by atoms with Crippen molar-refractivity contribution in [2.75, 3.05) is 0 Å². The molecule has 146 valence electrons. The number of hydrogen-bond donors (Lipinski definition) is 1. The van der Waals surface area contributed by atoms with Gasteiger partial charge in [0.2, 0.25) is 0 Å². The van der Waals surface area contributed by atoms with Crippen molar-refractivity contribution < 1.29 is 14.4 Å². The maximum Gasteiger partial charge on any atom is 0.324 e. The highest BCUT2D eigenvalue weighted by molar-refractivity contribution is 5.91. The molecule has 0 aromatic rings. The van der Waals surface area contributed by atoms with Gasteiger partial charge in [-0.3, -0.25) is 9.59 Å². The monoisotopic (exact) mass is 353 g/mol. The average molecular weight is 354 g/mol. The lowest BCUT2D eigenvalue weighted by Gasteiger charge is -2.14. The molecule has 0 aliphatic carbocycles. The van der Waals surface area contributed by atoms with Crippen LogP contribution < -0.4 is 5.90 Å². The average Bonchev–Trinajstić information content (AvgIpc) is 2.63. The van der Waals surface area contributed by atoms with Gasteiger partial charge in [0.05, 0.1) is 0 Å². The zero-order chi connectivity index (χ0) is 18.8. The Morgan fingerprint density at radius 1 is 0.880 bits per heavy atom. The molecule has 0 radical (unpaired) electrons. The quantitative estimate of drug-likeness (QED) is 0.196. The predicted molar refractivity (Wildman–Crippen MR) is 104 cm³/mol. The zero-order valence-electron chi connectivity index (χ0n) is 16.3. The second kappa shape index (κ2) is 17.7.